The lowest BCUT2D eigenvalue weighted by Gasteiger charge is -2.33. The molecule has 2 fully saturated rings. The van der Waals surface area contributed by atoms with Crippen LogP contribution in [-0.4, -0.2) is 36.6 Å². The van der Waals surface area contributed by atoms with Crippen LogP contribution < -0.4 is 0 Å². The van der Waals surface area contributed by atoms with Gasteiger partial charge in [-0.3, -0.25) is 4.79 Å². The molecule has 0 radical (unpaired) electrons. The number of ether oxygens (including phenoxy) is 1. The Balaban J connectivity index is 1.56. The highest BCUT2D eigenvalue weighted by Gasteiger charge is 2.31. The molecule has 0 aromatic heterocycles. The van der Waals surface area contributed by atoms with Gasteiger partial charge in [-0.25, -0.2) is 0 Å². The number of benzene rings is 1. The van der Waals surface area contributed by atoms with Crippen LogP contribution in [0.4, 0.5) is 0 Å². The zero-order chi connectivity index (χ0) is 13.1. The van der Waals surface area contributed by atoms with E-state index in [0.717, 1.165) is 45.4 Å². The first-order chi connectivity index (χ1) is 9.34. The summed E-state index contributed by atoms with van der Waals surface area (Å²) >= 11 is 0. The monoisotopic (exact) mass is 259 g/mol. The van der Waals surface area contributed by atoms with Gasteiger partial charge in [0.25, 0.3) is 5.91 Å². The molecular formula is C16H21NO2. The molecule has 1 amide bonds. The summed E-state index contributed by atoms with van der Waals surface area (Å²) in [5, 5.41) is 0. The maximum atomic E-state index is 12.2. The van der Waals surface area contributed by atoms with Crippen LogP contribution in [0.25, 0.3) is 0 Å². The Morgan fingerprint density at radius 1 is 1.11 bits per heavy atom. The van der Waals surface area contributed by atoms with Crippen molar-refractivity contribution in [3.05, 3.63) is 35.9 Å². The van der Waals surface area contributed by atoms with Crippen molar-refractivity contribution in [2.24, 2.45) is 0 Å². The maximum Gasteiger partial charge on any atom is 0.251 e. The van der Waals surface area contributed by atoms with Crippen molar-refractivity contribution in [1.29, 1.82) is 0 Å². The van der Waals surface area contributed by atoms with Crippen LogP contribution in [-0.2, 0) is 9.53 Å². The number of piperidine rings is 1. The van der Waals surface area contributed by atoms with Gasteiger partial charge in [-0.1, -0.05) is 30.3 Å². The van der Waals surface area contributed by atoms with E-state index < -0.39 is 0 Å². The summed E-state index contributed by atoms with van der Waals surface area (Å²) in [5.74, 6) is 0.818. The number of nitrogens with zero attached hydrogens (tertiary/aromatic N) is 1. The van der Waals surface area contributed by atoms with E-state index >= 15 is 0 Å². The fourth-order valence-corrected chi connectivity index (χ4v) is 3.13. The fourth-order valence-electron chi connectivity index (χ4n) is 3.13. The number of carbonyl (C=O) groups is 1. The molecule has 0 unspecified atom stereocenters. The van der Waals surface area contributed by atoms with Gasteiger partial charge >= 0.3 is 0 Å². The molecule has 102 valence electrons. The fraction of sp³-hybridized carbons (Fsp3) is 0.562. The van der Waals surface area contributed by atoms with Gasteiger partial charge in [0, 0.05) is 19.7 Å². The second-order valence-electron chi connectivity index (χ2n) is 5.51. The normalized spacial score (nSPS) is 24.6. The zero-order valence-corrected chi connectivity index (χ0v) is 11.3. The van der Waals surface area contributed by atoms with Crippen LogP contribution in [0.5, 0.6) is 0 Å². The van der Waals surface area contributed by atoms with Gasteiger partial charge in [0.2, 0.25) is 0 Å². The molecule has 0 aliphatic carbocycles. The van der Waals surface area contributed by atoms with E-state index in [2.05, 4.69) is 30.3 Å². The first-order valence-corrected chi connectivity index (χ1v) is 7.30. The van der Waals surface area contributed by atoms with Crippen molar-refractivity contribution >= 4 is 5.91 Å². The Morgan fingerprint density at radius 3 is 2.47 bits per heavy atom. The minimum Gasteiger partial charge on any atom is -0.368 e. The van der Waals surface area contributed by atoms with Gasteiger partial charge in [0.15, 0.2) is 0 Å². The first kappa shape index (κ1) is 12.7. The summed E-state index contributed by atoms with van der Waals surface area (Å²) in [4.78, 5) is 14.2. The van der Waals surface area contributed by atoms with Crippen molar-refractivity contribution in [2.45, 2.75) is 37.7 Å². The number of likely N-dealkylation sites (tertiary alicyclic amines) is 1. The molecule has 2 aliphatic rings. The van der Waals surface area contributed by atoms with E-state index in [4.69, 9.17) is 4.74 Å². The Bertz CT molecular complexity index is 418. The van der Waals surface area contributed by atoms with Gasteiger partial charge in [-0.05, 0) is 37.2 Å². The van der Waals surface area contributed by atoms with Crippen LogP contribution in [0.3, 0.4) is 0 Å². The quantitative estimate of drug-likeness (QED) is 0.817. The Hall–Kier alpha value is -1.35. The molecule has 2 heterocycles. The van der Waals surface area contributed by atoms with Crippen molar-refractivity contribution in [1.82, 2.24) is 4.90 Å². The first-order valence-electron chi connectivity index (χ1n) is 7.30. The topological polar surface area (TPSA) is 29.5 Å². The molecule has 3 nitrogen and oxygen atoms in total. The highest BCUT2D eigenvalue weighted by Crippen LogP contribution is 2.28. The van der Waals surface area contributed by atoms with Gasteiger partial charge in [0.05, 0.1) is 0 Å². The molecule has 1 aromatic carbocycles. The predicted octanol–water partition coefficient (Wildman–Crippen LogP) is 2.57. The molecule has 19 heavy (non-hydrogen) atoms. The number of hydrogen-bond donors (Lipinski definition) is 0. The number of carbonyl (C=O) groups excluding carboxylic acids is 1. The van der Waals surface area contributed by atoms with Crippen LogP contribution in [0, 0.1) is 0 Å². The van der Waals surface area contributed by atoms with Gasteiger partial charge in [-0.2, -0.15) is 0 Å². The van der Waals surface area contributed by atoms with Gasteiger partial charge < -0.3 is 9.64 Å². The van der Waals surface area contributed by atoms with Gasteiger partial charge in [-0.15, -0.1) is 0 Å². The average Bonchev–Trinajstić information content (AvgIpc) is 3.02. The standard InChI is InChI=1S/C16H21NO2/c18-16(15-7-4-12-19-15)17-10-8-14(9-11-17)13-5-2-1-3-6-13/h1-3,5-6,14-15H,4,7-12H2/t15-/m0/s1. The predicted molar refractivity (Wildman–Crippen MR) is 74.0 cm³/mol. The Morgan fingerprint density at radius 2 is 1.84 bits per heavy atom. The average molecular weight is 259 g/mol. The van der Waals surface area contributed by atoms with Crippen LogP contribution >= 0.6 is 0 Å². The molecule has 1 atom stereocenters. The summed E-state index contributed by atoms with van der Waals surface area (Å²) in [7, 11) is 0. The third-order valence-electron chi connectivity index (χ3n) is 4.28. The summed E-state index contributed by atoms with van der Waals surface area (Å²) in [6, 6.07) is 10.6. The number of hydrogen-bond acceptors (Lipinski definition) is 2. The third kappa shape index (κ3) is 2.81. The lowest BCUT2D eigenvalue weighted by Crippen LogP contribution is -2.43. The lowest BCUT2D eigenvalue weighted by atomic mass is 9.89. The number of amides is 1. The minimum absolute atomic E-state index is 0.159. The van der Waals surface area contributed by atoms with Gasteiger partial charge in [0.1, 0.15) is 6.10 Å². The maximum absolute atomic E-state index is 12.2. The largest absolute Gasteiger partial charge is 0.368 e. The molecule has 2 aliphatic heterocycles. The molecule has 0 spiro atoms. The zero-order valence-electron chi connectivity index (χ0n) is 11.3. The molecule has 1 aromatic rings. The molecule has 0 N–H and O–H groups in total. The summed E-state index contributed by atoms with van der Waals surface area (Å²) in [6.07, 6.45) is 3.91. The molecule has 3 heteroatoms. The lowest BCUT2D eigenvalue weighted by molar-refractivity contribution is -0.142. The minimum atomic E-state index is -0.159. The molecular weight excluding hydrogens is 238 g/mol. The highest BCUT2D eigenvalue weighted by atomic mass is 16.5. The van der Waals surface area contributed by atoms with Crippen molar-refractivity contribution in [3.63, 3.8) is 0 Å². The van der Waals surface area contributed by atoms with E-state index in [-0.39, 0.29) is 12.0 Å². The smallest absolute Gasteiger partial charge is 0.251 e. The van der Waals surface area contributed by atoms with E-state index in [1.807, 2.05) is 4.90 Å². The van der Waals surface area contributed by atoms with Crippen LogP contribution in [0.15, 0.2) is 30.3 Å². The van der Waals surface area contributed by atoms with E-state index in [9.17, 15) is 4.79 Å². The molecule has 0 saturated carbocycles. The molecule has 3 rings (SSSR count). The third-order valence-corrected chi connectivity index (χ3v) is 4.28. The summed E-state index contributed by atoms with van der Waals surface area (Å²) in [5.41, 5.74) is 1.41. The number of rotatable bonds is 2. The molecule has 0 bridgehead atoms. The Kier molecular flexibility index (Phi) is 3.83. The van der Waals surface area contributed by atoms with Crippen LogP contribution in [0.1, 0.15) is 37.2 Å². The van der Waals surface area contributed by atoms with Crippen molar-refractivity contribution in [3.8, 4) is 0 Å². The SMILES string of the molecule is O=C([C@@H]1CCCO1)N1CCC(c2ccccc2)CC1. The second kappa shape index (κ2) is 5.74. The Labute approximate surface area is 114 Å². The summed E-state index contributed by atoms with van der Waals surface area (Å²) in [6.45, 7) is 2.49. The second-order valence-corrected chi connectivity index (χ2v) is 5.51. The molecule has 2 saturated heterocycles. The van der Waals surface area contributed by atoms with Crippen molar-refractivity contribution in [2.75, 3.05) is 19.7 Å². The highest BCUT2D eigenvalue weighted by molar-refractivity contribution is 5.81. The van der Waals surface area contributed by atoms with E-state index in [0.29, 0.717) is 5.92 Å². The van der Waals surface area contributed by atoms with Crippen LogP contribution in [0.2, 0.25) is 0 Å². The van der Waals surface area contributed by atoms with E-state index in [1.165, 1.54) is 5.56 Å². The van der Waals surface area contributed by atoms with Crippen molar-refractivity contribution < 1.29 is 9.53 Å². The van der Waals surface area contributed by atoms with E-state index in [1.54, 1.807) is 0 Å². The summed E-state index contributed by atoms with van der Waals surface area (Å²) < 4.78 is 5.49.